The average Bonchev–Trinajstić information content (AvgIpc) is 2.38. The molecule has 6 heteroatoms. The number of aliphatic hydroxyl groups is 1. The number of amides is 1. The van der Waals surface area contributed by atoms with Crippen molar-refractivity contribution in [3.63, 3.8) is 0 Å². The van der Waals surface area contributed by atoms with Gasteiger partial charge in [0.15, 0.2) is 0 Å². The molecule has 22 heavy (non-hydrogen) atoms. The number of para-hydroxylation sites is 1. The zero-order chi connectivity index (χ0) is 16.8. The van der Waals surface area contributed by atoms with Gasteiger partial charge in [-0.3, -0.25) is 4.79 Å². The number of benzene rings is 1. The highest BCUT2D eigenvalue weighted by Crippen LogP contribution is 2.22. The number of halogens is 2. The number of nitrogens with one attached hydrogen (secondary N) is 1. The molecule has 0 heterocycles. The van der Waals surface area contributed by atoms with Gasteiger partial charge < -0.3 is 15.2 Å². The maximum absolute atomic E-state index is 12.3. The van der Waals surface area contributed by atoms with Crippen molar-refractivity contribution in [3.8, 4) is 5.75 Å². The number of carbonyl (C=O) groups is 1. The molecule has 0 bridgehead atoms. The van der Waals surface area contributed by atoms with Crippen LogP contribution < -0.4 is 10.1 Å². The minimum Gasteiger partial charge on any atom is -0.435 e. The molecule has 1 unspecified atom stereocenters. The van der Waals surface area contributed by atoms with Gasteiger partial charge in [0, 0.05) is 5.56 Å². The molecule has 124 valence electrons. The molecule has 4 nitrogen and oxygen atoms in total. The molecule has 1 amide bonds. The Morgan fingerprint density at radius 2 is 1.95 bits per heavy atom. The lowest BCUT2D eigenvalue weighted by Gasteiger charge is -2.25. The van der Waals surface area contributed by atoms with E-state index in [-0.39, 0.29) is 36.1 Å². The first-order valence-electron chi connectivity index (χ1n) is 7.14. The molecule has 1 aromatic rings. The van der Waals surface area contributed by atoms with Gasteiger partial charge in [-0.2, -0.15) is 8.78 Å². The van der Waals surface area contributed by atoms with Crippen molar-refractivity contribution in [1.29, 1.82) is 0 Å². The Morgan fingerprint density at radius 1 is 1.32 bits per heavy atom. The van der Waals surface area contributed by atoms with Gasteiger partial charge in [0.05, 0.1) is 19.1 Å². The highest BCUT2D eigenvalue weighted by Gasteiger charge is 2.20. The van der Waals surface area contributed by atoms with Crippen LogP contribution in [0, 0.1) is 5.41 Å². The van der Waals surface area contributed by atoms with Crippen LogP contribution in [0.1, 0.15) is 32.8 Å². The Hall–Kier alpha value is -1.69. The van der Waals surface area contributed by atoms with Crippen LogP contribution in [0.5, 0.6) is 5.75 Å². The number of alkyl halides is 2. The fourth-order valence-electron chi connectivity index (χ4n) is 2.21. The lowest BCUT2D eigenvalue weighted by Crippen LogP contribution is -2.40. The molecule has 1 rings (SSSR count). The molecule has 0 aliphatic heterocycles. The zero-order valence-corrected chi connectivity index (χ0v) is 13.1. The van der Waals surface area contributed by atoms with Crippen LogP contribution in [0.15, 0.2) is 24.3 Å². The minimum atomic E-state index is -2.93. The number of ether oxygens (including phenoxy) is 1. The Labute approximate surface area is 129 Å². The molecule has 0 aliphatic carbocycles. The summed E-state index contributed by atoms with van der Waals surface area (Å²) in [5.74, 6) is -0.349. The van der Waals surface area contributed by atoms with E-state index in [1.54, 1.807) is 18.2 Å². The predicted molar refractivity (Wildman–Crippen MR) is 79.9 cm³/mol. The van der Waals surface area contributed by atoms with Gasteiger partial charge in [-0.05, 0) is 17.9 Å². The third kappa shape index (κ3) is 6.85. The second-order valence-electron chi connectivity index (χ2n) is 6.37. The van der Waals surface area contributed by atoms with E-state index in [1.807, 2.05) is 20.8 Å². The fourth-order valence-corrected chi connectivity index (χ4v) is 2.21. The minimum absolute atomic E-state index is 0.0102. The molecule has 1 atom stereocenters. The molecule has 0 aliphatic rings. The SMILES string of the molecule is CC(C)(C)CC(CO)NC(=O)Cc1ccccc1OC(F)F. The van der Waals surface area contributed by atoms with E-state index in [2.05, 4.69) is 10.1 Å². The van der Waals surface area contributed by atoms with Crippen molar-refractivity contribution in [3.05, 3.63) is 29.8 Å². The average molecular weight is 315 g/mol. The van der Waals surface area contributed by atoms with E-state index >= 15 is 0 Å². The lowest BCUT2D eigenvalue weighted by molar-refractivity contribution is -0.121. The second kappa shape index (κ2) is 8.08. The quantitative estimate of drug-likeness (QED) is 0.813. The highest BCUT2D eigenvalue weighted by molar-refractivity contribution is 5.79. The second-order valence-corrected chi connectivity index (χ2v) is 6.37. The summed E-state index contributed by atoms with van der Waals surface area (Å²) in [5.41, 5.74) is 0.338. The van der Waals surface area contributed by atoms with Crippen molar-refractivity contribution < 1.29 is 23.4 Å². The first-order valence-corrected chi connectivity index (χ1v) is 7.14. The molecule has 0 saturated heterocycles. The monoisotopic (exact) mass is 315 g/mol. The first kappa shape index (κ1) is 18.4. The number of carbonyl (C=O) groups excluding carboxylic acids is 1. The van der Waals surface area contributed by atoms with Crippen molar-refractivity contribution in [2.45, 2.75) is 46.3 Å². The predicted octanol–water partition coefficient (Wildman–Crippen LogP) is 2.74. The number of aliphatic hydroxyl groups excluding tert-OH is 1. The summed E-state index contributed by atoms with van der Waals surface area (Å²) in [5, 5.41) is 12.1. The molecule has 1 aromatic carbocycles. The normalized spacial score (nSPS) is 13.0. The summed E-state index contributed by atoms with van der Waals surface area (Å²) in [7, 11) is 0. The Balaban J connectivity index is 2.68. The molecule has 0 radical (unpaired) electrons. The fraction of sp³-hybridized carbons (Fsp3) is 0.562. The highest BCUT2D eigenvalue weighted by atomic mass is 19.3. The standard InChI is InChI=1S/C16H23F2NO3/c1-16(2,3)9-12(10-20)19-14(21)8-11-6-4-5-7-13(11)22-15(17)18/h4-7,12,15,20H,8-10H2,1-3H3,(H,19,21). The van der Waals surface area contributed by atoms with Crippen molar-refractivity contribution in [2.24, 2.45) is 5.41 Å². The van der Waals surface area contributed by atoms with Crippen LogP contribution in [-0.4, -0.2) is 30.3 Å². The van der Waals surface area contributed by atoms with E-state index in [0.29, 0.717) is 12.0 Å². The summed E-state index contributed by atoms with van der Waals surface area (Å²) < 4.78 is 29.1. The van der Waals surface area contributed by atoms with Crippen LogP contribution in [0.2, 0.25) is 0 Å². The molecular weight excluding hydrogens is 292 g/mol. The Bertz CT molecular complexity index is 487. The van der Waals surface area contributed by atoms with Crippen LogP contribution in [0.3, 0.4) is 0 Å². The molecule has 2 N–H and O–H groups in total. The van der Waals surface area contributed by atoms with E-state index in [1.165, 1.54) is 6.07 Å². The molecule has 0 aromatic heterocycles. The molecular formula is C16H23F2NO3. The van der Waals surface area contributed by atoms with Crippen LogP contribution in [0.25, 0.3) is 0 Å². The Kier molecular flexibility index (Phi) is 6.74. The van der Waals surface area contributed by atoms with Crippen molar-refractivity contribution in [1.82, 2.24) is 5.32 Å². The van der Waals surface area contributed by atoms with Gasteiger partial charge in [-0.15, -0.1) is 0 Å². The van der Waals surface area contributed by atoms with E-state index in [0.717, 1.165) is 0 Å². The van der Waals surface area contributed by atoms with Gasteiger partial charge >= 0.3 is 6.61 Å². The van der Waals surface area contributed by atoms with Crippen molar-refractivity contribution in [2.75, 3.05) is 6.61 Å². The van der Waals surface area contributed by atoms with Crippen molar-refractivity contribution >= 4 is 5.91 Å². The third-order valence-corrected chi connectivity index (χ3v) is 2.98. The smallest absolute Gasteiger partial charge is 0.387 e. The lowest BCUT2D eigenvalue weighted by atomic mass is 9.88. The van der Waals surface area contributed by atoms with Crippen LogP contribution in [0.4, 0.5) is 8.78 Å². The number of hydrogen-bond acceptors (Lipinski definition) is 3. The topological polar surface area (TPSA) is 58.6 Å². The van der Waals surface area contributed by atoms with E-state index < -0.39 is 6.61 Å². The summed E-state index contributed by atoms with van der Waals surface area (Å²) in [6.45, 7) is 2.92. The maximum Gasteiger partial charge on any atom is 0.387 e. The summed E-state index contributed by atoms with van der Waals surface area (Å²) >= 11 is 0. The summed E-state index contributed by atoms with van der Waals surface area (Å²) in [6, 6.07) is 5.81. The first-order chi connectivity index (χ1) is 10.2. The zero-order valence-electron chi connectivity index (χ0n) is 13.1. The Morgan fingerprint density at radius 3 is 2.50 bits per heavy atom. The maximum atomic E-state index is 12.3. The number of hydrogen-bond donors (Lipinski definition) is 2. The van der Waals surface area contributed by atoms with Gasteiger partial charge in [-0.25, -0.2) is 0 Å². The van der Waals surface area contributed by atoms with E-state index in [9.17, 15) is 18.7 Å². The third-order valence-electron chi connectivity index (χ3n) is 2.98. The molecule has 0 spiro atoms. The van der Waals surface area contributed by atoms with Crippen LogP contribution >= 0.6 is 0 Å². The number of rotatable bonds is 7. The van der Waals surface area contributed by atoms with Gasteiger partial charge in [0.2, 0.25) is 5.91 Å². The van der Waals surface area contributed by atoms with Gasteiger partial charge in [0.1, 0.15) is 5.75 Å². The van der Waals surface area contributed by atoms with Gasteiger partial charge in [0.25, 0.3) is 0 Å². The largest absolute Gasteiger partial charge is 0.435 e. The molecule has 0 fully saturated rings. The summed E-state index contributed by atoms with van der Waals surface area (Å²) in [6.07, 6.45) is 0.536. The van der Waals surface area contributed by atoms with Gasteiger partial charge in [-0.1, -0.05) is 39.0 Å². The molecule has 0 saturated carbocycles. The summed E-state index contributed by atoms with van der Waals surface area (Å²) in [4.78, 5) is 12.0. The van der Waals surface area contributed by atoms with E-state index in [4.69, 9.17) is 0 Å². The van der Waals surface area contributed by atoms with Crippen LogP contribution in [-0.2, 0) is 11.2 Å².